The van der Waals surface area contributed by atoms with Gasteiger partial charge in [0.05, 0.1) is 10.5 Å². The Labute approximate surface area is 164 Å². The van der Waals surface area contributed by atoms with Crippen LogP contribution in [0, 0.1) is 0 Å². The number of rotatable bonds is 6. The predicted octanol–water partition coefficient (Wildman–Crippen LogP) is 2.66. The van der Waals surface area contributed by atoms with E-state index in [1.807, 2.05) is 6.07 Å². The maximum Gasteiger partial charge on any atom is 0.340 e. The van der Waals surface area contributed by atoms with Gasteiger partial charge in [0.15, 0.2) is 6.61 Å². The van der Waals surface area contributed by atoms with Crippen LogP contribution >= 0.6 is 0 Å². The number of esters is 1. The molecule has 1 fully saturated rings. The summed E-state index contributed by atoms with van der Waals surface area (Å²) in [5.41, 5.74) is 0.511. The second-order valence-corrected chi connectivity index (χ2v) is 8.36. The van der Waals surface area contributed by atoms with E-state index in [0.29, 0.717) is 18.8 Å². The average molecular weight is 402 g/mol. The van der Waals surface area contributed by atoms with Gasteiger partial charge in [-0.3, -0.25) is 4.79 Å². The first-order chi connectivity index (χ1) is 13.5. The second-order valence-electron chi connectivity index (χ2n) is 6.45. The molecule has 0 bridgehead atoms. The highest BCUT2D eigenvalue weighted by molar-refractivity contribution is 7.89. The van der Waals surface area contributed by atoms with E-state index >= 15 is 0 Å². The third kappa shape index (κ3) is 4.76. The molecule has 0 saturated carbocycles. The minimum absolute atomic E-state index is 0.0689. The van der Waals surface area contributed by atoms with Crippen LogP contribution in [0.15, 0.2) is 59.5 Å². The minimum atomic E-state index is -3.79. The number of hydrogen-bond acceptors (Lipinski definition) is 5. The molecule has 0 unspecified atom stereocenters. The number of benzene rings is 2. The van der Waals surface area contributed by atoms with Gasteiger partial charge in [-0.05, 0) is 37.1 Å². The number of para-hydroxylation sites is 1. The van der Waals surface area contributed by atoms with Crippen LogP contribution in [-0.4, -0.2) is 44.3 Å². The molecule has 1 amide bonds. The summed E-state index contributed by atoms with van der Waals surface area (Å²) >= 11 is 0. The molecule has 2 aromatic rings. The molecule has 0 radical (unpaired) electrons. The summed E-state index contributed by atoms with van der Waals surface area (Å²) in [6, 6.07) is 14.7. The van der Waals surface area contributed by atoms with Crippen molar-refractivity contribution in [3.63, 3.8) is 0 Å². The van der Waals surface area contributed by atoms with E-state index in [1.54, 1.807) is 36.4 Å². The van der Waals surface area contributed by atoms with E-state index in [-0.39, 0.29) is 10.5 Å². The maximum atomic E-state index is 12.9. The summed E-state index contributed by atoms with van der Waals surface area (Å²) in [6.07, 6.45) is 2.59. The molecule has 0 aromatic heterocycles. The van der Waals surface area contributed by atoms with Crippen LogP contribution in [0.25, 0.3) is 0 Å². The largest absolute Gasteiger partial charge is 0.452 e. The lowest BCUT2D eigenvalue weighted by Gasteiger charge is -2.26. The Morgan fingerprint density at radius 3 is 2.29 bits per heavy atom. The van der Waals surface area contributed by atoms with Gasteiger partial charge in [0.2, 0.25) is 10.0 Å². The Morgan fingerprint density at radius 1 is 0.929 bits per heavy atom. The fourth-order valence-corrected chi connectivity index (χ4v) is 4.73. The van der Waals surface area contributed by atoms with Crippen LogP contribution in [0.4, 0.5) is 5.69 Å². The molecular weight excluding hydrogens is 380 g/mol. The van der Waals surface area contributed by atoms with Gasteiger partial charge in [0, 0.05) is 18.8 Å². The zero-order chi connectivity index (χ0) is 20.0. The van der Waals surface area contributed by atoms with E-state index in [9.17, 15) is 18.0 Å². The van der Waals surface area contributed by atoms with Gasteiger partial charge in [-0.25, -0.2) is 13.2 Å². The summed E-state index contributed by atoms with van der Waals surface area (Å²) in [5.74, 6) is -1.35. The molecule has 1 saturated heterocycles. The molecule has 1 heterocycles. The smallest absolute Gasteiger partial charge is 0.340 e. The molecule has 148 valence electrons. The monoisotopic (exact) mass is 402 g/mol. The maximum absolute atomic E-state index is 12.9. The molecule has 1 aliphatic rings. The molecule has 1 N–H and O–H groups in total. The van der Waals surface area contributed by atoms with Crippen LogP contribution in [0.1, 0.15) is 29.6 Å². The molecule has 1 aliphatic heterocycles. The standard InChI is InChI=1S/C20H22N2O5S/c23-19(21-16-9-3-1-4-10-16)15-27-20(24)17-11-5-6-12-18(17)28(25,26)22-13-7-2-8-14-22/h1,3-6,9-12H,2,7-8,13-15H2,(H,21,23). The quantitative estimate of drug-likeness (QED) is 0.750. The number of nitrogens with zero attached hydrogens (tertiary/aromatic N) is 1. The number of carbonyl (C=O) groups excluding carboxylic acids is 2. The van der Waals surface area contributed by atoms with Crippen LogP contribution in [-0.2, 0) is 19.6 Å². The first-order valence-corrected chi connectivity index (χ1v) is 10.5. The van der Waals surface area contributed by atoms with Crippen LogP contribution < -0.4 is 5.32 Å². The number of hydrogen-bond donors (Lipinski definition) is 1. The van der Waals surface area contributed by atoms with Gasteiger partial charge in [0.1, 0.15) is 0 Å². The Morgan fingerprint density at radius 2 is 1.57 bits per heavy atom. The highest BCUT2D eigenvalue weighted by atomic mass is 32.2. The zero-order valence-electron chi connectivity index (χ0n) is 15.3. The lowest BCUT2D eigenvalue weighted by molar-refractivity contribution is -0.119. The number of sulfonamides is 1. The van der Waals surface area contributed by atoms with E-state index in [1.165, 1.54) is 16.4 Å². The van der Waals surface area contributed by atoms with Gasteiger partial charge < -0.3 is 10.1 Å². The van der Waals surface area contributed by atoms with Crippen molar-refractivity contribution in [2.45, 2.75) is 24.2 Å². The number of anilines is 1. The minimum Gasteiger partial charge on any atom is -0.452 e. The molecule has 0 aliphatic carbocycles. The van der Waals surface area contributed by atoms with Crippen molar-refractivity contribution in [2.24, 2.45) is 0 Å². The molecule has 2 aromatic carbocycles. The Hall–Kier alpha value is -2.71. The van der Waals surface area contributed by atoms with Crippen molar-refractivity contribution in [1.29, 1.82) is 0 Å². The summed E-state index contributed by atoms with van der Waals surface area (Å²) in [5, 5.41) is 2.60. The van der Waals surface area contributed by atoms with Crippen molar-refractivity contribution < 1.29 is 22.7 Å². The molecule has 0 spiro atoms. The molecule has 7 nitrogen and oxygen atoms in total. The number of nitrogens with one attached hydrogen (secondary N) is 1. The fourth-order valence-electron chi connectivity index (χ4n) is 3.03. The molecule has 3 rings (SSSR count). The number of carbonyl (C=O) groups is 2. The normalized spacial score (nSPS) is 15.0. The summed E-state index contributed by atoms with van der Waals surface area (Å²) < 4.78 is 32.3. The molecular formula is C20H22N2O5S. The van der Waals surface area contributed by atoms with Gasteiger partial charge in [0.25, 0.3) is 5.91 Å². The highest BCUT2D eigenvalue weighted by Crippen LogP contribution is 2.24. The third-order valence-corrected chi connectivity index (χ3v) is 6.39. The topological polar surface area (TPSA) is 92.8 Å². The van der Waals surface area contributed by atoms with Gasteiger partial charge in [-0.1, -0.05) is 36.8 Å². The lowest BCUT2D eigenvalue weighted by atomic mass is 10.2. The summed E-state index contributed by atoms with van der Waals surface area (Å²) in [7, 11) is -3.79. The Balaban J connectivity index is 1.69. The van der Waals surface area contributed by atoms with Crippen molar-refractivity contribution in [3.05, 3.63) is 60.2 Å². The first-order valence-electron chi connectivity index (χ1n) is 9.10. The van der Waals surface area contributed by atoms with Gasteiger partial charge in [-0.15, -0.1) is 0 Å². The van der Waals surface area contributed by atoms with Crippen LogP contribution in [0.2, 0.25) is 0 Å². The predicted molar refractivity (Wildman–Crippen MR) is 104 cm³/mol. The summed E-state index contributed by atoms with van der Waals surface area (Å²) in [4.78, 5) is 24.3. The third-order valence-electron chi connectivity index (χ3n) is 4.43. The van der Waals surface area contributed by atoms with Crippen LogP contribution in [0.3, 0.4) is 0 Å². The first kappa shape index (κ1) is 20.0. The van der Waals surface area contributed by atoms with E-state index in [4.69, 9.17) is 4.74 Å². The second kappa shape index (κ2) is 8.99. The van der Waals surface area contributed by atoms with E-state index < -0.39 is 28.5 Å². The zero-order valence-corrected chi connectivity index (χ0v) is 16.2. The lowest BCUT2D eigenvalue weighted by Crippen LogP contribution is -2.36. The van der Waals surface area contributed by atoms with Crippen molar-refractivity contribution in [3.8, 4) is 0 Å². The van der Waals surface area contributed by atoms with Crippen LogP contribution in [0.5, 0.6) is 0 Å². The number of ether oxygens (including phenoxy) is 1. The Bertz CT molecular complexity index is 938. The summed E-state index contributed by atoms with van der Waals surface area (Å²) in [6.45, 7) is 0.363. The van der Waals surface area contributed by atoms with E-state index in [0.717, 1.165) is 19.3 Å². The van der Waals surface area contributed by atoms with Crippen molar-refractivity contribution in [2.75, 3.05) is 25.0 Å². The number of piperidine rings is 1. The molecule has 0 atom stereocenters. The average Bonchev–Trinajstić information content (AvgIpc) is 2.73. The molecule has 28 heavy (non-hydrogen) atoms. The Kier molecular flexibility index (Phi) is 6.43. The van der Waals surface area contributed by atoms with E-state index in [2.05, 4.69) is 5.32 Å². The van der Waals surface area contributed by atoms with Gasteiger partial charge >= 0.3 is 5.97 Å². The van der Waals surface area contributed by atoms with Gasteiger partial charge in [-0.2, -0.15) is 4.31 Å². The number of amides is 1. The fraction of sp³-hybridized carbons (Fsp3) is 0.300. The van der Waals surface area contributed by atoms with Crippen molar-refractivity contribution in [1.82, 2.24) is 4.31 Å². The molecule has 8 heteroatoms. The van der Waals surface area contributed by atoms with Crippen molar-refractivity contribution >= 4 is 27.6 Å². The highest BCUT2D eigenvalue weighted by Gasteiger charge is 2.30. The SMILES string of the molecule is O=C(COC(=O)c1ccccc1S(=O)(=O)N1CCCCC1)Nc1ccccc1.